The van der Waals surface area contributed by atoms with Crippen LogP contribution in [0.2, 0.25) is 0 Å². The normalized spacial score (nSPS) is 29.8. The fourth-order valence-electron chi connectivity index (χ4n) is 4.98. The van der Waals surface area contributed by atoms with Gasteiger partial charge in [-0.1, -0.05) is 0 Å². The van der Waals surface area contributed by atoms with Crippen LogP contribution in [0.1, 0.15) is 49.9 Å². The number of fused-ring (bicyclic) bond motifs is 1. The molecule has 9 nitrogen and oxygen atoms in total. The largest absolute Gasteiger partial charge is 0.355 e. The second-order valence-electron chi connectivity index (χ2n) is 8.98. The fourth-order valence-corrected chi connectivity index (χ4v) is 4.98. The molecule has 2 aromatic rings. The first kappa shape index (κ1) is 19.7. The number of anilines is 1. The van der Waals surface area contributed by atoms with Crippen LogP contribution in [0.3, 0.4) is 0 Å². The van der Waals surface area contributed by atoms with Crippen molar-refractivity contribution in [2.24, 2.45) is 11.7 Å². The number of hydrogen-bond donors (Lipinski definition) is 2. The molecule has 3 aliphatic rings. The minimum atomic E-state index is -0.144. The average molecular weight is 414 g/mol. The highest BCUT2D eigenvalue weighted by Crippen LogP contribution is 2.33. The summed E-state index contributed by atoms with van der Waals surface area (Å²) in [6.07, 6.45) is 6.09. The summed E-state index contributed by atoms with van der Waals surface area (Å²) in [5.74, 6) is 1.00. The first-order valence-corrected chi connectivity index (χ1v) is 11.1. The number of nitrogens with one attached hydrogen (secondary N) is 1. The van der Waals surface area contributed by atoms with E-state index in [4.69, 9.17) is 20.7 Å². The molecule has 0 aromatic carbocycles. The number of nitrogens with zero attached hydrogens (tertiary/aromatic N) is 5. The van der Waals surface area contributed by atoms with Crippen molar-refractivity contribution in [1.29, 1.82) is 0 Å². The molecule has 0 bridgehead atoms. The molecule has 9 heteroatoms. The van der Waals surface area contributed by atoms with Gasteiger partial charge in [0.25, 0.3) is 0 Å². The van der Waals surface area contributed by atoms with E-state index in [-0.39, 0.29) is 30.0 Å². The van der Waals surface area contributed by atoms with Crippen molar-refractivity contribution in [1.82, 2.24) is 25.0 Å². The zero-order valence-corrected chi connectivity index (χ0v) is 17.8. The molecule has 5 heterocycles. The Morgan fingerprint density at radius 1 is 1.30 bits per heavy atom. The van der Waals surface area contributed by atoms with Gasteiger partial charge in [0.05, 0.1) is 24.3 Å². The van der Waals surface area contributed by atoms with Crippen LogP contribution in [0.4, 0.5) is 5.82 Å². The van der Waals surface area contributed by atoms with Gasteiger partial charge in [-0.15, -0.1) is 0 Å². The number of carbonyl (C=O) groups is 1. The van der Waals surface area contributed by atoms with E-state index in [1.165, 1.54) is 0 Å². The lowest BCUT2D eigenvalue weighted by Crippen LogP contribution is -2.45. The lowest BCUT2D eigenvalue weighted by Gasteiger charge is -2.36. The number of nitrogens with two attached hydrogens (primary N) is 1. The highest BCUT2D eigenvalue weighted by molar-refractivity contribution is 5.80. The smallest absolute Gasteiger partial charge is 0.230 e. The Hall–Kier alpha value is -2.23. The van der Waals surface area contributed by atoms with Crippen LogP contribution in [0, 0.1) is 12.8 Å². The number of piperidine rings is 1. The molecule has 0 spiro atoms. The van der Waals surface area contributed by atoms with E-state index in [1.54, 1.807) is 0 Å². The number of amides is 1. The van der Waals surface area contributed by atoms with Crippen molar-refractivity contribution in [3.05, 3.63) is 23.5 Å². The summed E-state index contributed by atoms with van der Waals surface area (Å²) in [5.41, 5.74) is 11.8. The van der Waals surface area contributed by atoms with Crippen LogP contribution < -0.4 is 16.1 Å². The summed E-state index contributed by atoms with van der Waals surface area (Å²) in [7, 11) is 0. The summed E-state index contributed by atoms with van der Waals surface area (Å²) in [6, 6.07) is 2.27. The Labute approximate surface area is 176 Å². The predicted molar refractivity (Wildman–Crippen MR) is 113 cm³/mol. The van der Waals surface area contributed by atoms with Crippen LogP contribution in [0.5, 0.6) is 0 Å². The highest BCUT2D eigenvalue weighted by atomic mass is 16.7. The number of likely N-dealkylation sites (tertiary alicyclic amines) is 1. The van der Waals surface area contributed by atoms with Crippen molar-refractivity contribution in [2.45, 2.75) is 57.7 Å². The van der Waals surface area contributed by atoms with Gasteiger partial charge in [0, 0.05) is 49.5 Å². The van der Waals surface area contributed by atoms with Crippen molar-refractivity contribution < 1.29 is 9.63 Å². The van der Waals surface area contributed by atoms with Crippen LogP contribution in [0.15, 0.2) is 12.3 Å². The molecular weight excluding hydrogens is 382 g/mol. The van der Waals surface area contributed by atoms with Crippen molar-refractivity contribution in [2.75, 3.05) is 31.1 Å². The maximum absolute atomic E-state index is 13.3. The molecule has 5 rings (SSSR count). The molecule has 1 amide bonds. The number of carbonyl (C=O) groups excluding carboxylic acids is 1. The van der Waals surface area contributed by atoms with Crippen molar-refractivity contribution in [3.8, 4) is 0 Å². The van der Waals surface area contributed by atoms with Gasteiger partial charge in [0.15, 0.2) is 5.65 Å². The third kappa shape index (κ3) is 3.44. The fraction of sp³-hybridized carbons (Fsp3) is 0.667. The second-order valence-corrected chi connectivity index (χ2v) is 8.98. The van der Waals surface area contributed by atoms with E-state index in [2.05, 4.69) is 17.3 Å². The lowest BCUT2D eigenvalue weighted by atomic mass is 9.95. The van der Waals surface area contributed by atoms with Crippen LogP contribution in [-0.2, 0) is 9.63 Å². The molecule has 0 radical (unpaired) electrons. The first-order valence-electron chi connectivity index (χ1n) is 11.1. The summed E-state index contributed by atoms with van der Waals surface area (Å²) < 4.78 is 1.85. The molecule has 0 aliphatic carbocycles. The minimum absolute atomic E-state index is 0.00952. The van der Waals surface area contributed by atoms with Gasteiger partial charge < -0.3 is 20.4 Å². The molecule has 30 heavy (non-hydrogen) atoms. The Kier molecular flexibility index (Phi) is 5.12. The van der Waals surface area contributed by atoms with Gasteiger partial charge in [-0.05, 0) is 39.5 Å². The number of aryl methyl sites for hydroxylation is 1. The number of hydroxylamine groups is 1. The standard InChI is InChI=1S/C21H31N7O2/c1-13-10-28-19(23-20(13)26-8-6-15(22)11-26)9-17(24-28)18-5-3-4-7-27(18)21(29)16-12-30-25-14(16)2/h9-10,14-16,18,25H,3-8,11-12,22H2,1-2H3/t14?,15-,16?,18-/m0/s1. The molecule has 162 valence electrons. The van der Waals surface area contributed by atoms with E-state index in [0.29, 0.717) is 6.61 Å². The van der Waals surface area contributed by atoms with Crippen LogP contribution in [-0.4, -0.2) is 63.7 Å². The van der Waals surface area contributed by atoms with Gasteiger partial charge in [-0.3, -0.25) is 4.79 Å². The number of hydrogen-bond acceptors (Lipinski definition) is 7. The molecule has 3 saturated heterocycles. The molecule has 0 saturated carbocycles. The summed E-state index contributed by atoms with van der Waals surface area (Å²) in [6.45, 7) is 7.04. The Morgan fingerprint density at radius 3 is 2.90 bits per heavy atom. The lowest BCUT2D eigenvalue weighted by molar-refractivity contribution is -0.139. The zero-order chi connectivity index (χ0) is 20.8. The minimum Gasteiger partial charge on any atom is -0.355 e. The predicted octanol–water partition coefficient (Wildman–Crippen LogP) is 1.17. The monoisotopic (exact) mass is 413 g/mol. The summed E-state index contributed by atoms with van der Waals surface area (Å²) in [5, 5.41) is 4.83. The van der Waals surface area contributed by atoms with Crippen molar-refractivity contribution >= 4 is 17.4 Å². The molecule has 4 atom stereocenters. The Morgan fingerprint density at radius 2 is 2.17 bits per heavy atom. The van der Waals surface area contributed by atoms with Gasteiger partial charge in [0.2, 0.25) is 5.91 Å². The van der Waals surface area contributed by atoms with Gasteiger partial charge in [-0.2, -0.15) is 10.6 Å². The first-order chi connectivity index (χ1) is 14.5. The average Bonchev–Trinajstić information content (AvgIpc) is 3.46. The maximum Gasteiger partial charge on any atom is 0.230 e. The molecular formula is C21H31N7O2. The quantitative estimate of drug-likeness (QED) is 0.779. The molecule has 3 N–H and O–H groups in total. The third-order valence-corrected chi connectivity index (χ3v) is 6.73. The van der Waals surface area contributed by atoms with Crippen molar-refractivity contribution in [3.63, 3.8) is 0 Å². The summed E-state index contributed by atoms with van der Waals surface area (Å²) in [4.78, 5) is 27.7. The van der Waals surface area contributed by atoms with E-state index in [9.17, 15) is 4.79 Å². The van der Waals surface area contributed by atoms with Crippen LogP contribution >= 0.6 is 0 Å². The Balaban J connectivity index is 1.44. The SMILES string of the molecule is Cc1cn2nc([C@@H]3CCCCN3C(=O)C3CONC3C)cc2nc1N1CC[C@H](N)C1. The third-order valence-electron chi connectivity index (χ3n) is 6.73. The van der Waals surface area contributed by atoms with Gasteiger partial charge >= 0.3 is 0 Å². The summed E-state index contributed by atoms with van der Waals surface area (Å²) >= 11 is 0. The van der Waals surface area contributed by atoms with Gasteiger partial charge in [0.1, 0.15) is 5.82 Å². The topological polar surface area (TPSA) is 101 Å². The molecule has 3 aliphatic heterocycles. The second kappa shape index (κ2) is 7.79. The van der Waals surface area contributed by atoms with E-state index in [0.717, 1.165) is 68.0 Å². The molecule has 2 aromatic heterocycles. The van der Waals surface area contributed by atoms with E-state index >= 15 is 0 Å². The Bertz CT molecular complexity index is 945. The zero-order valence-electron chi connectivity index (χ0n) is 17.8. The van der Waals surface area contributed by atoms with E-state index < -0.39 is 0 Å². The van der Waals surface area contributed by atoms with Crippen LogP contribution in [0.25, 0.3) is 5.65 Å². The van der Waals surface area contributed by atoms with E-state index in [1.807, 2.05) is 28.6 Å². The molecule has 3 fully saturated rings. The number of aromatic nitrogens is 3. The van der Waals surface area contributed by atoms with Gasteiger partial charge in [-0.25, -0.2) is 9.50 Å². The number of rotatable bonds is 3. The molecule has 2 unspecified atom stereocenters. The maximum atomic E-state index is 13.3. The highest BCUT2D eigenvalue weighted by Gasteiger charge is 2.38.